The summed E-state index contributed by atoms with van der Waals surface area (Å²) < 4.78 is 49.3. The molecule has 9 heteroatoms. The topological polar surface area (TPSA) is 85.7 Å². The Bertz CT molecular complexity index is 809. The summed E-state index contributed by atoms with van der Waals surface area (Å²) in [6.45, 7) is 1.14. The number of nitrogens with zero attached hydrogens (tertiary/aromatic N) is 1. The number of carbonyl (C=O) groups is 2. The van der Waals surface area contributed by atoms with Crippen molar-refractivity contribution < 1.29 is 37.3 Å². The van der Waals surface area contributed by atoms with Crippen LogP contribution in [-0.4, -0.2) is 35.1 Å². The predicted octanol–water partition coefficient (Wildman–Crippen LogP) is 3.45. The third-order valence-electron chi connectivity index (χ3n) is 5.21. The van der Waals surface area contributed by atoms with Crippen molar-refractivity contribution in [3.8, 4) is 0 Å². The van der Waals surface area contributed by atoms with Crippen molar-refractivity contribution in [1.29, 1.82) is 0 Å². The van der Waals surface area contributed by atoms with E-state index in [1.54, 1.807) is 0 Å². The van der Waals surface area contributed by atoms with E-state index in [4.69, 9.17) is 9.47 Å². The zero-order valence-electron chi connectivity index (χ0n) is 15.4. The van der Waals surface area contributed by atoms with E-state index in [-0.39, 0.29) is 28.7 Å². The molecule has 152 valence electrons. The maximum absolute atomic E-state index is 13.0. The standard InChI is InChI=1S/C19H20F3NO5/c1-9(27-2)28-8-13-12(5-6-14(23-13)19(20,21)22)18(26)15-16(24)10-3-4-11(7-10)17(15)25/h5-6,9-11,26H,3-4,7-8H2,1-2H3. The van der Waals surface area contributed by atoms with Crippen molar-refractivity contribution >= 4 is 17.3 Å². The highest BCUT2D eigenvalue weighted by molar-refractivity contribution is 6.27. The van der Waals surface area contributed by atoms with Gasteiger partial charge in [-0.05, 0) is 38.3 Å². The molecule has 0 saturated heterocycles. The van der Waals surface area contributed by atoms with Crippen molar-refractivity contribution in [3.05, 3.63) is 34.7 Å². The van der Waals surface area contributed by atoms with Crippen molar-refractivity contribution in [3.63, 3.8) is 0 Å². The lowest BCUT2D eigenvalue weighted by molar-refractivity contribution is -0.142. The number of methoxy groups -OCH3 is 1. The molecule has 1 aromatic rings. The van der Waals surface area contributed by atoms with Crippen LogP contribution in [0.15, 0.2) is 17.7 Å². The Morgan fingerprint density at radius 1 is 1.25 bits per heavy atom. The number of ketones is 2. The van der Waals surface area contributed by atoms with E-state index < -0.39 is 42.1 Å². The van der Waals surface area contributed by atoms with Crippen LogP contribution in [-0.2, 0) is 31.8 Å². The Hall–Kier alpha value is -2.26. The molecule has 0 aliphatic heterocycles. The van der Waals surface area contributed by atoms with Crippen molar-refractivity contribution in [2.45, 2.75) is 45.3 Å². The summed E-state index contributed by atoms with van der Waals surface area (Å²) in [4.78, 5) is 28.7. The van der Waals surface area contributed by atoms with Crippen LogP contribution in [0.25, 0.3) is 5.76 Å². The first-order chi connectivity index (χ1) is 13.1. The van der Waals surface area contributed by atoms with E-state index in [1.165, 1.54) is 14.0 Å². The molecule has 3 rings (SSSR count). The Kier molecular flexibility index (Phi) is 5.58. The van der Waals surface area contributed by atoms with Gasteiger partial charge in [-0.3, -0.25) is 9.59 Å². The van der Waals surface area contributed by atoms with Crippen LogP contribution in [0.5, 0.6) is 0 Å². The quantitative estimate of drug-likeness (QED) is 0.353. The first-order valence-electron chi connectivity index (χ1n) is 8.87. The van der Waals surface area contributed by atoms with Gasteiger partial charge in [-0.2, -0.15) is 13.2 Å². The lowest BCUT2D eigenvalue weighted by atomic mass is 9.81. The normalized spacial score (nSPS) is 23.2. The summed E-state index contributed by atoms with van der Waals surface area (Å²) in [6, 6.07) is 1.70. The first kappa shape index (κ1) is 20.5. The number of alkyl halides is 3. The van der Waals surface area contributed by atoms with Gasteiger partial charge in [0.1, 0.15) is 17.0 Å². The Morgan fingerprint density at radius 3 is 2.39 bits per heavy atom. The van der Waals surface area contributed by atoms with Gasteiger partial charge in [0.05, 0.1) is 12.3 Å². The van der Waals surface area contributed by atoms with E-state index in [9.17, 15) is 27.9 Å². The minimum absolute atomic E-state index is 0.130. The monoisotopic (exact) mass is 399 g/mol. The summed E-state index contributed by atoms with van der Waals surface area (Å²) in [6.07, 6.45) is -3.83. The molecule has 2 saturated carbocycles. The number of fused-ring (bicyclic) bond motifs is 2. The van der Waals surface area contributed by atoms with Gasteiger partial charge in [-0.1, -0.05) is 0 Å². The number of ether oxygens (including phenoxy) is 2. The fraction of sp³-hybridized carbons (Fsp3) is 0.526. The molecule has 1 N–H and O–H groups in total. The van der Waals surface area contributed by atoms with Crippen LogP contribution in [0.1, 0.15) is 43.1 Å². The Labute approximate surface area is 159 Å². The minimum atomic E-state index is -4.70. The minimum Gasteiger partial charge on any atom is -0.506 e. The molecule has 2 fully saturated rings. The maximum Gasteiger partial charge on any atom is 0.433 e. The van der Waals surface area contributed by atoms with Gasteiger partial charge < -0.3 is 14.6 Å². The number of aliphatic hydroxyl groups is 1. The third-order valence-corrected chi connectivity index (χ3v) is 5.21. The van der Waals surface area contributed by atoms with Crippen LogP contribution in [0.2, 0.25) is 0 Å². The van der Waals surface area contributed by atoms with Gasteiger partial charge >= 0.3 is 6.18 Å². The number of Topliss-reactive ketones (excluding diaryl/α,β-unsaturated/α-hetero) is 2. The molecule has 3 unspecified atom stereocenters. The highest BCUT2D eigenvalue weighted by atomic mass is 19.4. The molecule has 0 amide bonds. The summed E-state index contributed by atoms with van der Waals surface area (Å²) >= 11 is 0. The second kappa shape index (κ2) is 7.63. The van der Waals surface area contributed by atoms with Crippen LogP contribution in [0.3, 0.4) is 0 Å². The van der Waals surface area contributed by atoms with Crippen molar-refractivity contribution in [2.75, 3.05) is 7.11 Å². The van der Waals surface area contributed by atoms with Gasteiger partial charge in [0, 0.05) is 24.5 Å². The number of rotatable bonds is 5. The third kappa shape index (κ3) is 3.81. The molecule has 2 aliphatic carbocycles. The van der Waals surface area contributed by atoms with Gasteiger partial charge in [0.15, 0.2) is 17.9 Å². The molecule has 2 bridgehead atoms. The number of aromatic nitrogens is 1. The number of allylic oxidation sites excluding steroid dienone is 1. The fourth-order valence-electron chi connectivity index (χ4n) is 3.60. The molecular weight excluding hydrogens is 379 g/mol. The van der Waals surface area contributed by atoms with E-state index in [1.807, 2.05) is 0 Å². The van der Waals surface area contributed by atoms with E-state index in [0.717, 1.165) is 6.07 Å². The molecule has 0 spiro atoms. The van der Waals surface area contributed by atoms with E-state index in [2.05, 4.69) is 4.98 Å². The molecule has 28 heavy (non-hydrogen) atoms. The largest absolute Gasteiger partial charge is 0.506 e. The molecule has 0 aromatic carbocycles. The Balaban J connectivity index is 2.06. The van der Waals surface area contributed by atoms with E-state index >= 15 is 0 Å². The SMILES string of the molecule is COC(C)OCc1nc(C(F)(F)F)ccc1C(O)=C1C(=O)C2CCC(C2)C1=O. The summed E-state index contributed by atoms with van der Waals surface area (Å²) in [7, 11) is 1.36. The summed E-state index contributed by atoms with van der Waals surface area (Å²) in [5.41, 5.74) is -1.88. The predicted molar refractivity (Wildman–Crippen MR) is 90.9 cm³/mol. The van der Waals surface area contributed by atoms with Gasteiger partial charge in [0.2, 0.25) is 0 Å². The zero-order valence-corrected chi connectivity index (χ0v) is 15.4. The number of pyridine rings is 1. The molecule has 0 radical (unpaired) electrons. The second-order valence-electron chi connectivity index (χ2n) is 6.96. The van der Waals surface area contributed by atoms with Crippen molar-refractivity contribution in [2.24, 2.45) is 11.8 Å². The van der Waals surface area contributed by atoms with Crippen LogP contribution in [0.4, 0.5) is 13.2 Å². The molecule has 1 heterocycles. The number of carbonyl (C=O) groups excluding carboxylic acids is 2. The number of hydrogen-bond donors (Lipinski definition) is 1. The van der Waals surface area contributed by atoms with Gasteiger partial charge in [-0.15, -0.1) is 0 Å². The summed E-state index contributed by atoms with van der Waals surface area (Å²) in [5, 5.41) is 10.7. The lowest BCUT2D eigenvalue weighted by Crippen LogP contribution is -2.30. The van der Waals surface area contributed by atoms with E-state index in [0.29, 0.717) is 25.3 Å². The molecule has 2 aliphatic rings. The molecule has 3 atom stereocenters. The zero-order chi connectivity index (χ0) is 20.6. The molecule has 1 aromatic heterocycles. The average Bonchev–Trinajstić information content (AvgIpc) is 3.10. The lowest BCUT2D eigenvalue weighted by Gasteiger charge is -2.21. The molecule has 6 nitrogen and oxygen atoms in total. The summed E-state index contributed by atoms with van der Waals surface area (Å²) in [5.74, 6) is -2.25. The fourth-order valence-corrected chi connectivity index (χ4v) is 3.60. The maximum atomic E-state index is 13.0. The average molecular weight is 399 g/mol. The number of halogens is 3. The van der Waals surface area contributed by atoms with Crippen LogP contribution < -0.4 is 0 Å². The number of aliphatic hydroxyl groups excluding tert-OH is 1. The Morgan fingerprint density at radius 2 is 1.86 bits per heavy atom. The van der Waals surface area contributed by atoms with Crippen molar-refractivity contribution in [1.82, 2.24) is 4.98 Å². The highest BCUT2D eigenvalue weighted by Crippen LogP contribution is 2.42. The van der Waals surface area contributed by atoms with Gasteiger partial charge in [0.25, 0.3) is 0 Å². The molecular formula is C19H20F3NO5. The number of hydrogen-bond acceptors (Lipinski definition) is 6. The smallest absolute Gasteiger partial charge is 0.433 e. The highest BCUT2D eigenvalue weighted by Gasteiger charge is 2.45. The van der Waals surface area contributed by atoms with Gasteiger partial charge in [-0.25, -0.2) is 4.98 Å². The second-order valence-corrected chi connectivity index (χ2v) is 6.96. The first-order valence-corrected chi connectivity index (χ1v) is 8.87. The van der Waals surface area contributed by atoms with Crippen LogP contribution >= 0.6 is 0 Å². The van der Waals surface area contributed by atoms with Crippen LogP contribution in [0, 0.1) is 11.8 Å².